The van der Waals surface area contributed by atoms with Gasteiger partial charge in [0.05, 0.1) is 19.6 Å². The van der Waals surface area contributed by atoms with Crippen LogP contribution in [0.4, 0.5) is 0 Å². The van der Waals surface area contributed by atoms with E-state index in [-0.39, 0.29) is 24.2 Å². The van der Waals surface area contributed by atoms with E-state index in [1.54, 1.807) is 19.2 Å². The Bertz CT molecular complexity index is 473. The SMILES string of the molecule is COc1ccc(OCCNC(=O)[C@H]2CNC(=O)C2)cc1. The van der Waals surface area contributed by atoms with Crippen molar-refractivity contribution in [1.82, 2.24) is 10.6 Å². The maximum atomic E-state index is 11.7. The number of benzene rings is 1. The molecule has 0 spiro atoms. The van der Waals surface area contributed by atoms with E-state index in [0.29, 0.717) is 19.7 Å². The molecule has 1 aliphatic heterocycles. The molecule has 6 heteroatoms. The minimum atomic E-state index is -0.261. The molecular weight excluding hydrogens is 260 g/mol. The highest BCUT2D eigenvalue weighted by Crippen LogP contribution is 2.16. The third-order valence-corrected chi connectivity index (χ3v) is 3.08. The molecule has 0 bridgehead atoms. The molecule has 1 aromatic carbocycles. The van der Waals surface area contributed by atoms with Gasteiger partial charge in [-0.2, -0.15) is 0 Å². The Morgan fingerprint density at radius 3 is 2.65 bits per heavy atom. The molecule has 6 nitrogen and oxygen atoms in total. The van der Waals surface area contributed by atoms with Gasteiger partial charge >= 0.3 is 0 Å². The summed E-state index contributed by atoms with van der Waals surface area (Å²) in [5.41, 5.74) is 0. The minimum Gasteiger partial charge on any atom is -0.497 e. The zero-order chi connectivity index (χ0) is 14.4. The fraction of sp³-hybridized carbons (Fsp3) is 0.429. The molecule has 0 aliphatic carbocycles. The Kier molecular flexibility index (Phi) is 4.81. The summed E-state index contributed by atoms with van der Waals surface area (Å²) in [4.78, 5) is 22.7. The number of nitrogens with one attached hydrogen (secondary N) is 2. The fourth-order valence-corrected chi connectivity index (χ4v) is 1.95. The number of carbonyl (C=O) groups is 2. The van der Waals surface area contributed by atoms with Gasteiger partial charge in [0.25, 0.3) is 0 Å². The second-order valence-electron chi connectivity index (χ2n) is 4.52. The number of rotatable bonds is 6. The van der Waals surface area contributed by atoms with Crippen LogP contribution in [0.15, 0.2) is 24.3 Å². The zero-order valence-corrected chi connectivity index (χ0v) is 11.3. The number of ether oxygens (including phenoxy) is 2. The monoisotopic (exact) mass is 278 g/mol. The lowest BCUT2D eigenvalue weighted by Gasteiger charge is -2.10. The summed E-state index contributed by atoms with van der Waals surface area (Å²) in [7, 11) is 1.61. The summed E-state index contributed by atoms with van der Waals surface area (Å²) in [6.45, 7) is 1.21. The molecule has 0 radical (unpaired) electrons. The predicted molar refractivity (Wildman–Crippen MR) is 72.6 cm³/mol. The molecule has 1 heterocycles. The standard InChI is InChI=1S/C14H18N2O4/c1-19-11-2-4-12(5-3-11)20-7-6-15-14(18)10-8-13(17)16-9-10/h2-5,10H,6-9H2,1H3,(H,15,18)(H,16,17)/t10-/m1/s1. The lowest BCUT2D eigenvalue weighted by molar-refractivity contribution is -0.126. The van der Waals surface area contributed by atoms with Gasteiger partial charge in [-0.15, -0.1) is 0 Å². The number of hydrogen-bond acceptors (Lipinski definition) is 4. The summed E-state index contributed by atoms with van der Waals surface area (Å²) in [6, 6.07) is 7.23. The molecule has 1 aliphatic rings. The number of hydrogen-bond donors (Lipinski definition) is 2. The Morgan fingerprint density at radius 2 is 2.05 bits per heavy atom. The first-order valence-electron chi connectivity index (χ1n) is 6.50. The van der Waals surface area contributed by atoms with Crippen LogP contribution in [0.5, 0.6) is 11.5 Å². The van der Waals surface area contributed by atoms with E-state index in [1.165, 1.54) is 0 Å². The maximum Gasteiger partial charge on any atom is 0.225 e. The van der Waals surface area contributed by atoms with E-state index >= 15 is 0 Å². The fourth-order valence-electron chi connectivity index (χ4n) is 1.95. The van der Waals surface area contributed by atoms with E-state index in [1.807, 2.05) is 12.1 Å². The van der Waals surface area contributed by atoms with Crippen LogP contribution < -0.4 is 20.1 Å². The van der Waals surface area contributed by atoms with Crippen molar-refractivity contribution < 1.29 is 19.1 Å². The van der Waals surface area contributed by atoms with Crippen LogP contribution >= 0.6 is 0 Å². The first-order chi connectivity index (χ1) is 9.69. The molecule has 0 saturated carbocycles. The summed E-state index contributed by atoms with van der Waals surface area (Å²) in [5, 5.41) is 5.39. The molecule has 1 atom stereocenters. The van der Waals surface area contributed by atoms with Crippen molar-refractivity contribution >= 4 is 11.8 Å². The van der Waals surface area contributed by atoms with Crippen LogP contribution in [0.25, 0.3) is 0 Å². The predicted octanol–water partition coefficient (Wildman–Crippen LogP) is 0.326. The molecule has 0 aromatic heterocycles. The second kappa shape index (κ2) is 6.79. The van der Waals surface area contributed by atoms with Gasteiger partial charge in [0.1, 0.15) is 18.1 Å². The van der Waals surface area contributed by atoms with Crippen molar-refractivity contribution in [3.8, 4) is 11.5 Å². The van der Waals surface area contributed by atoms with Crippen LogP contribution in [0.2, 0.25) is 0 Å². The van der Waals surface area contributed by atoms with Gasteiger partial charge < -0.3 is 20.1 Å². The molecule has 0 unspecified atom stereocenters. The van der Waals surface area contributed by atoms with Crippen LogP contribution in [0, 0.1) is 5.92 Å². The minimum absolute atomic E-state index is 0.0698. The van der Waals surface area contributed by atoms with Gasteiger partial charge in [0, 0.05) is 13.0 Å². The highest BCUT2D eigenvalue weighted by Gasteiger charge is 2.27. The third kappa shape index (κ3) is 3.88. The van der Waals surface area contributed by atoms with Gasteiger partial charge in [0.15, 0.2) is 0 Å². The lowest BCUT2D eigenvalue weighted by Crippen LogP contribution is -2.34. The van der Waals surface area contributed by atoms with Crippen LogP contribution in [-0.4, -0.2) is 38.6 Å². The second-order valence-corrected chi connectivity index (χ2v) is 4.52. The van der Waals surface area contributed by atoms with Gasteiger partial charge in [-0.3, -0.25) is 9.59 Å². The Balaban J connectivity index is 1.65. The Hall–Kier alpha value is -2.24. The Morgan fingerprint density at radius 1 is 1.35 bits per heavy atom. The molecule has 1 saturated heterocycles. The maximum absolute atomic E-state index is 11.7. The first kappa shape index (κ1) is 14.2. The van der Waals surface area contributed by atoms with Gasteiger partial charge in [-0.1, -0.05) is 0 Å². The van der Waals surface area contributed by atoms with Crippen LogP contribution in [0.1, 0.15) is 6.42 Å². The van der Waals surface area contributed by atoms with Crippen molar-refractivity contribution in [2.45, 2.75) is 6.42 Å². The molecule has 2 amide bonds. The molecule has 2 rings (SSSR count). The normalized spacial score (nSPS) is 17.4. The van der Waals surface area contributed by atoms with Crippen molar-refractivity contribution in [2.75, 3.05) is 26.8 Å². The number of amides is 2. The highest BCUT2D eigenvalue weighted by atomic mass is 16.5. The summed E-state index contributed by atoms with van der Waals surface area (Å²) < 4.78 is 10.5. The van der Waals surface area contributed by atoms with Crippen molar-refractivity contribution in [2.24, 2.45) is 5.92 Å². The molecule has 20 heavy (non-hydrogen) atoms. The number of methoxy groups -OCH3 is 1. The molecule has 108 valence electrons. The van der Waals surface area contributed by atoms with Crippen molar-refractivity contribution in [3.63, 3.8) is 0 Å². The van der Waals surface area contributed by atoms with Gasteiger partial charge in [-0.25, -0.2) is 0 Å². The first-order valence-corrected chi connectivity index (χ1v) is 6.50. The largest absolute Gasteiger partial charge is 0.497 e. The van der Waals surface area contributed by atoms with E-state index in [9.17, 15) is 9.59 Å². The summed E-state index contributed by atoms with van der Waals surface area (Å²) in [6.07, 6.45) is 0.269. The van der Waals surface area contributed by atoms with Crippen LogP contribution in [-0.2, 0) is 9.59 Å². The zero-order valence-electron chi connectivity index (χ0n) is 11.3. The van der Waals surface area contributed by atoms with Gasteiger partial charge in [-0.05, 0) is 24.3 Å². The smallest absolute Gasteiger partial charge is 0.225 e. The molecular formula is C14H18N2O4. The van der Waals surface area contributed by atoms with E-state index in [4.69, 9.17) is 9.47 Å². The molecule has 2 N–H and O–H groups in total. The average molecular weight is 278 g/mol. The van der Waals surface area contributed by atoms with E-state index in [0.717, 1.165) is 11.5 Å². The van der Waals surface area contributed by atoms with E-state index in [2.05, 4.69) is 10.6 Å². The van der Waals surface area contributed by atoms with E-state index < -0.39 is 0 Å². The number of carbonyl (C=O) groups excluding carboxylic acids is 2. The highest BCUT2D eigenvalue weighted by molar-refractivity contribution is 5.89. The third-order valence-electron chi connectivity index (χ3n) is 3.08. The molecule has 1 aromatic rings. The quantitative estimate of drug-likeness (QED) is 0.735. The van der Waals surface area contributed by atoms with Crippen LogP contribution in [0.3, 0.4) is 0 Å². The summed E-state index contributed by atoms with van der Waals surface area (Å²) in [5.74, 6) is 1.05. The lowest BCUT2D eigenvalue weighted by atomic mass is 10.1. The van der Waals surface area contributed by atoms with Crippen molar-refractivity contribution in [3.05, 3.63) is 24.3 Å². The average Bonchev–Trinajstić information content (AvgIpc) is 2.91. The van der Waals surface area contributed by atoms with Crippen molar-refractivity contribution in [1.29, 1.82) is 0 Å². The summed E-state index contributed by atoms with van der Waals surface area (Å²) >= 11 is 0. The Labute approximate surface area is 117 Å². The molecule has 1 fully saturated rings. The topological polar surface area (TPSA) is 76.7 Å². The van der Waals surface area contributed by atoms with Gasteiger partial charge in [0.2, 0.25) is 11.8 Å².